The van der Waals surface area contributed by atoms with E-state index in [-0.39, 0.29) is 12.2 Å². The molecule has 0 bridgehead atoms. The lowest BCUT2D eigenvalue weighted by molar-refractivity contribution is -0.137. The van der Waals surface area contributed by atoms with Gasteiger partial charge in [-0.25, -0.2) is 0 Å². The molecule has 0 radical (unpaired) electrons. The molecule has 1 rings (SSSR count). The van der Waals surface area contributed by atoms with Gasteiger partial charge in [-0.15, -0.1) is 0 Å². The van der Waals surface area contributed by atoms with Crippen LogP contribution in [-0.2, 0) is 17.4 Å². The molecule has 1 aromatic rings. The fraction of sp³-hybridized carbons (Fsp3) is 0.400. The topological polar surface area (TPSA) is 30.0 Å². The fourth-order valence-electron chi connectivity index (χ4n) is 1.18. The molecule has 0 atom stereocenters. The second kappa shape index (κ2) is 4.00. The number of alkyl halides is 3. The van der Waals surface area contributed by atoms with E-state index < -0.39 is 11.7 Å². The van der Waals surface area contributed by atoms with Crippen LogP contribution >= 0.6 is 0 Å². The van der Waals surface area contributed by atoms with Crippen molar-refractivity contribution in [3.05, 3.63) is 29.1 Å². The molecule has 0 aromatic carbocycles. The molecule has 0 aliphatic rings. The highest BCUT2D eigenvalue weighted by Crippen LogP contribution is 2.29. The van der Waals surface area contributed by atoms with Crippen LogP contribution in [0, 0.1) is 6.92 Å². The van der Waals surface area contributed by atoms with Gasteiger partial charge in [0, 0.05) is 12.6 Å². The number of halogens is 3. The van der Waals surface area contributed by atoms with Crippen molar-refractivity contribution in [2.24, 2.45) is 0 Å². The molecule has 0 N–H and O–H groups in total. The van der Waals surface area contributed by atoms with Crippen molar-refractivity contribution in [1.82, 2.24) is 4.98 Å². The lowest BCUT2D eigenvalue weighted by Gasteiger charge is -2.09. The molecule has 1 heterocycles. The maximum Gasteiger partial charge on any atom is 0.417 e. The molecule has 0 saturated carbocycles. The number of hydrogen-bond acceptors (Lipinski definition) is 2. The summed E-state index contributed by atoms with van der Waals surface area (Å²) < 4.78 is 36.8. The lowest BCUT2D eigenvalue weighted by atomic mass is 10.1. The number of carbonyl (C=O) groups excluding carboxylic acids is 1. The Hall–Kier alpha value is -1.39. The maximum absolute atomic E-state index is 12.3. The van der Waals surface area contributed by atoms with E-state index >= 15 is 0 Å². The summed E-state index contributed by atoms with van der Waals surface area (Å²) in [4.78, 5) is 14.4. The number of ketones is 1. The minimum Gasteiger partial charge on any atom is -0.300 e. The van der Waals surface area contributed by atoms with Crippen molar-refractivity contribution in [2.75, 3.05) is 0 Å². The Kier molecular flexibility index (Phi) is 3.12. The second-order valence-electron chi connectivity index (χ2n) is 3.36. The zero-order valence-corrected chi connectivity index (χ0v) is 8.35. The number of rotatable bonds is 2. The average molecular weight is 217 g/mol. The van der Waals surface area contributed by atoms with E-state index in [4.69, 9.17) is 0 Å². The van der Waals surface area contributed by atoms with Gasteiger partial charge in [0.15, 0.2) is 0 Å². The van der Waals surface area contributed by atoms with Crippen molar-refractivity contribution in [1.29, 1.82) is 0 Å². The van der Waals surface area contributed by atoms with Gasteiger partial charge in [-0.05, 0) is 25.5 Å². The molecule has 2 nitrogen and oxygen atoms in total. The number of aryl methyl sites for hydroxylation is 1. The van der Waals surface area contributed by atoms with Gasteiger partial charge < -0.3 is 0 Å². The Balaban J connectivity index is 3.03. The summed E-state index contributed by atoms with van der Waals surface area (Å²) in [5, 5.41) is 0. The van der Waals surface area contributed by atoms with Crippen molar-refractivity contribution in [3.63, 3.8) is 0 Å². The normalized spacial score (nSPS) is 11.5. The number of nitrogens with zero attached hydrogens (tertiary/aromatic N) is 1. The van der Waals surface area contributed by atoms with Gasteiger partial charge >= 0.3 is 6.18 Å². The highest BCUT2D eigenvalue weighted by molar-refractivity contribution is 5.78. The van der Waals surface area contributed by atoms with Crippen LogP contribution < -0.4 is 0 Å². The first-order chi connectivity index (χ1) is 6.80. The Labute approximate surface area is 85.1 Å². The first-order valence-electron chi connectivity index (χ1n) is 4.33. The fourth-order valence-corrected chi connectivity index (χ4v) is 1.18. The SMILES string of the molecule is CC(=O)Cc1ncc(C(F)(F)F)cc1C. The molecule has 1 aromatic heterocycles. The summed E-state index contributed by atoms with van der Waals surface area (Å²) in [6.07, 6.45) is -3.55. The molecule has 5 heteroatoms. The number of hydrogen-bond donors (Lipinski definition) is 0. The van der Waals surface area contributed by atoms with Gasteiger partial charge in [0.1, 0.15) is 5.78 Å². The van der Waals surface area contributed by atoms with Gasteiger partial charge in [-0.2, -0.15) is 13.2 Å². The molecule has 0 aliphatic carbocycles. The third kappa shape index (κ3) is 3.04. The van der Waals surface area contributed by atoms with Crippen LogP contribution in [0.4, 0.5) is 13.2 Å². The predicted octanol–water partition coefficient (Wildman–Crippen LogP) is 2.54. The molecule has 15 heavy (non-hydrogen) atoms. The Morgan fingerprint density at radius 2 is 2.07 bits per heavy atom. The summed E-state index contributed by atoms with van der Waals surface area (Å²) in [7, 11) is 0. The van der Waals surface area contributed by atoms with Crippen LogP contribution in [0.1, 0.15) is 23.7 Å². The van der Waals surface area contributed by atoms with Crippen LogP contribution in [-0.4, -0.2) is 10.8 Å². The minimum absolute atomic E-state index is 0.0734. The predicted molar refractivity (Wildman–Crippen MR) is 48.4 cm³/mol. The van der Waals surface area contributed by atoms with E-state index in [1.165, 1.54) is 13.8 Å². The molecule has 0 saturated heterocycles. The molecular formula is C10H10F3NO. The monoisotopic (exact) mass is 217 g/mol. The summed E-state index contributed by atoms with van der Waals surface area (Å²) in [6, 6.07) is 1.01. The third-order valence-corrected chi connectivity index (χ3v) is 1.93. The molecular weight excluding hydrogens is 207 g/mol. The van der Waals surface area contributed by atoms with Crippen molar-refractivity contribution < 1.29 is 18.0 Å². The second-order valence-corrected chi connectivity index (χ2v) is 3.36. The summed E-state index contributed by atoms with van der Waals surface area (Å²) in [6.45, 7) is 2.89. The smallest absolute Gasteiger partial charge is 0.300 e. The maximum atomic E-state index is 12.3. The third-order valence-electron chi connectivity index (χ3n) is 1.93. The first-order valence-corrected chi connectivity index (χ1v) is 4.33. The van der Waals surface area contributed by atoms with Crippen LogP contribution in [0.5, 0.6) is 0 Å². The van der Waals surface area contributed by atoms with Gasteiger partial charge in [-0.1, -0.05) is 0 Å². The molecule has 0 aliphatic heterocycles. The highest BCUT2D eigenvalue weighted by Gasteiger charge is 2.31. The molecule has 0 amide bonds. The van der Waals surface area contributed by atoms with Gasteiger partial charge in [-0.3, -0.25) is 9.78 Å². The van der Waals surface area contributed by atoms with Crippen molar-refractivity contribution >= 4 is 5.78 Å². The number of Topliss-reactive ketones (excluding diaryl/α,β-unsaturated/α-hetero) is 1. The lowest BCUT2D eigenvalue weighted by Crippen LogP contribution is -2.09. The zero-order chi connectivity index (χ0) is 11.6. The van der Waals surface area contributed by atoms with Crippen LogP contribution in [0.3, 0.4) is 0 Å². The largest absolute Gasteiger partial charge is 0.417 e. The molecule has 82 valence electrons. The van der Waals surface area contributed by atoms with E-state index in [9.17, 15) is 18.0 Å². The summed E-state index contributed by atoms with van der Waals surface area (Å²) in [5.41, 5.74) is 0.00262. The molecule has 0 unspecified atom stereocenters. The molecule has 0 fully saturated rings. The standard InChI is InChI=1S/C10H10F3NO/c1-6-3-8(10(11,12)13)5-14-9(6)4-7(2)15/h3,5H,4H2,1-2H3. The van der Waals surface area contributed by atoms with E-state index in [0.717, 1.165) is 12.3 Å². The van der Waals surface area contributed by atoms with Gasteiger partial charge in [0.2, 0.25) is 0 Å². The van der Waals surface area contributed by atoms with Gasteiger partial charge in [0.05, 0.1) is 11.3 Å². The van der Waals surface area contributed by atoms with Crippen molar-refractivity contribution in [2.45, 2.75) is 26.4 Å². The van der Waals surface area contributed by atoms with E-state index in [1.54, 1.807) is 0 Å². The number of aromatic nitrogens is 1. The van der Waals surface area contributed by atoms with E-state index in [0.29, 0.717) is 11.3 Å². The van der Waals surface area contributed by atoms with E-state index in [2.05, 4.69) is 4.98 Å². The Morgan fingerprint density at radius 1 is 1.47 bits per heavy atom. The summed E-state index contributed by atoms with van der Waals surface area (Å²) >= 11 is 0. The van der Waals surface area contributed by atoms with Crippen LogP contribution in [0.25, 0.3) is 0 Å². The quantitative estimate of drug-likeness (QED) is 0.761. The van der Waals surface area contributed by atoms with E-state index in [1.807, 2.05) is 0 Å². The van der Waals surface area contributed by atoms with Crippen LogP contribution in [0.2, 0.25) is 0 Å². The average Bonchev–Trinajstić information content (AvgIpc) is 2.05. The molecule has 0 spiro atoms. The summed E-state index contributed by atoms with van der Waals surface area (Å²) in [5.74, 6) is -0.120. The zero-order valence-electron chi connectivity index (χ0n) is 8.35. The highest BCUT2D eigenvalue weighted by atomic mass is 19.4. The van der Waals surface area contributed by atoms with Crippen LogP contribution in [0.15, 0.2) is 12.3 Å². The number of carbonyl (C=O) groups is 1. The Bertz CT molecular complexity index is 385. The minimum atomic E-state index is -4.38. The number of pyridine rings is 1. The van der Waals surface area contributed by atoms with Gasteiger partial charge in [0.25, 0.3) is 0 Å². The Morgan fingerprint density at radius 3 is 2.47 bits per heavy atom. The van der Waals surface area contributed by atoms with Crippen molar-refractivity contribution in [3.8, 4) is 0 Å². The first kappa shape index (κ1) is 11.7.